The third-order valence-electron chi connectivity index (χ3n) is 5.05. The number of alkyl halides is 6. The van der Waals surface area contributed by atoms with Crippen molar-refractivity contribution in [1.29, 1.82) is 0 Å². The molecule has 2 saturated heterocycles. The molecule has 2 aliphatic rings. The van der Waals surface area contributed by atoms with E-state index in [4.69, 9.17) is 33.7 Å². The number of halogens is 6. The zero-order valence-electron chi connectivity index (χ0n) is 18.4. The molecule has 4 heterocycles. The molecular weight excluding hydrogens is 506 g/mol. The Morgan fingerprint density at radius 3 is 2.17 bits per heavy atom. The van der Waals surface area contributed by atoms with Gasteiger partial charge in [-0.25, -0.2) is 9.59 Å². The minimum Gasteiger partial charge on any atom is -0.475 e. The van der Waals surface area contributed by atoms with Gasteiger partial charge >= 0.3 is 24.3 Å². The second-order valence-electron chi connectivity index (χ2n) is 7.55. The fraction of sp³-hybridized carbons (Fsp3) is 0.476. The Balaban J connectivity index is 0.000000271. The topological polar surface area (TPSA) is 122 Å². The fourth-order valence-electron chi connectivity index (χ4n) is 3.43. The zero-order chi connectivity index (χ0) is 26.9. The van der Waals surface area contributed by atoms with E-state index < -0.39 is 24.3 Å². The third kappa shape index (κ3) is 9.13. The highest BCUT2D eigenvalue weighted by atomic mass is 19.4. The quantitative estimate of drug-likeness (QED) is 0.563. The van der Waals surface area contributed by atoms with E-state index in [0.29, 0.717) is 18.6 Å². The van der Waals surface area contributed by atoms with Crippen molar-refractivity contribution < 1.29 is 60.0 Å². The first-order valence-corrected chi connectivity index (χ1v) is 10.2. The summed E-state index contributed by atoms with van der Waals surface area (Å²) < 4.78 is 80.8. The van der Waals surface area contributed by atoms with Crippen LogP contribution in [0, 0.1) is 5.92 Å². The predicted octanol–water partition coefficient (Wildman–Crippen LogP) is 3.36. The minimum atomic E-state index is -5.08. The summed E-state index contributed by atoms with van der Waals surface area (Å²) in [6.45, 7) is 3.87. The maximum Gasteiger partial charge on any atom is 0.490 e. The molecule has 0 radical (unpaired) electrons. The summed E-state index contributed by atoms with van der Waals surface area (Å²) >= 11 is 0. The first-order chi connectivity index (χ1) is 16.8. The second-order valence-corrected chi connectivity index (χ2v) is 7.55. The van der Waals surface area contributed by atoms with Crippen LogP contribution in [0.1, 0.15) is 11.5 Å². The molecule has 2 aromatic heterocycles. The molecule has 0 aromatic carbocycles. The van der Waals surface area contributed by atoms with Crippen molar-refractivity contribution in [3.05, 3.63) is 54.2 Å². The van der Waals surface area contributed by atoms with Crippen LogP contribution in [0.3, 0.4) is 0 Å². The van der Waals surface area contributed by atoms with Crippen LogP contribution in [-0.2, 0) is 32.2 Å². The number of aromatic nitrogens is 1. The van der Waals surface area contributed by atoms with Gasteiger partial charge in [-0.15, -0.1) is 0 Å². The van der Waals surface area contributed by atoms with E-state index in [-0.39, 0.29) is 6.10 Å². The Kier molecular flexibility index (Phi) is 10.2. The number of nitrogens with zero attached hydrogens (tertiary/aromatic N) is 2. The van der Waals surface area contributed by atoms with Crippen LogP contribution in [0.2, 0.25) is 0 Å². The van der Waals surface area contributed by atoms with Gasteiger partial charge in [0.05, 0.1) is 44.4 Å². The van der Waals surface area contributed by atoms with E-state index in [1.165, 1.54) is 0 Å². The van der Waals surface area contributed by atoms with Crippen molar-refractivity contribution in [2.75, 3.05) is 19.8 Å². The summed E-state index contributed by atoms with van der Waals surface area (Å²) in [5, 5.41) is 14.2. The van der Waals surface area contributed by atoms with E-state index in [9.17, 15) is 26.3 Å². The fourth-order valence-corrected chi connectivity index (χ4v) is 3.43. The molecule has 200 valence electrons. The molecule has 2 N–H and O–H groups in total. The number of fused-ring (bicyclic) bond motifs is 1. The maximum atomic E-state index is 10.6. The first-order valence-electron chi connectivity index (χ1n) is 10.2. The molecule has 9 nitrogen and oxygen atoms in total. The van der Waals surface area contributed by atoms with Gasteiger partial charge in [-0.05, 0) is 24.3 Å². The lowest BCUT2D eigenvalue weighted by Gasteiger charge is -2.20. The highest BCUT2D eigenvalue weighted by Crippen LogP contribution is 2.33. The number of carbonyl (C=O) groups is 2. The summed E-state index contributed by atoms with van der Waals surface area (Å²) in [6.07, 6.45) is -6.44. The Morgan fingerprint density at radius 2 is 1.67 bits per heavy atom. The summed E-state index contributed by atoms with van der Waals surface area (Å²) in [5.74, 6) is -4.07. The predicted molar refractivity (Wildman–Crippen MR) is 107 cm³/mol. The second kappa shape index (κ2) is 12.7. The Hall–Kier alpha value is -3.17. The monoisotopic (exact) mass is 528 g/mol. The number of aliphatic carboxylic acids is 2. The van der Waals surface area contributed by atoms with E-state index in [0.717, 1.165) is 37.8 Å². The molecule has 4 rings (SSSR count). The number of carboxylic acid groups (broad SMARTS) is 2. The van der Waals surface area contributed by atoms with Gasteiger partial charge in [-0.1, -0.05) is 6.07 Å². The van der Waals surface area contributed by atoms with Crippen LogP contribution < -0.4 is 0 Å². The van der Waals surface area contributed by atoms with Gasteiger partial charge in [0.2, 0.25) is 0 Å². The molecule has 15 heteroatoms. The average Bonchev–Trinajstić information content (AvgIpc) is 3.53. The molecule has 0 aliphatic carbocycles. The standard InChI is InChI=1S/C17H20N2O3.2C2HF3O2/c1-2-6-18-13(4-1)10-22-17-9-19(8-14-5-3-7-21-14)16-12-20-11-15(16)17;2*3-2(4,5)1(6)7/h1-7,15-17H,8-12H2;2*(H,6,7)/t15-,16+,17-;;/m0../s1. The molecule has 0 unspecified atom stereocenters. The molecule has 2 aliphatic heterocycles. The van der Waals surface area contributed by atoms with Crippen LogP contribution in [0.5, 0.6) is 0 Å². The van der Waals surface area contributed by atoms with Gasteiger partial charge in [0.25, 0.3) is 0 Å². The summed E-state index contributed by atoms with van der Waals surface area (Å²) in [6, 6.07) is 10.3. The van der Waals surface area contributed by atoms with E-state index in [1.807, 2.05) is 30.3 Å². The average molecular weight is 528 g/mol. The van der Waals surface area contributed by atoms with E-state index in [2.05, 4.69) is 9.88 Å². The van der Waals surface area contributed by atoms with Crippen LogP contribution in [0.25, 0.3) is 0 Å². The summed E-state index contributed by atoms with van der Waals surface area (Å²) in [4.78, 5) is 24.5. The van der Waals surface area contributed by atoms with Crippen LogP contribution >= 0.6 is 0 Å². The van der Waals surface area contributed by atoms with Crippen molar-refractivity contribution in [2.45, 2.75) is 37.7 Å². The number of rotatable bonds is 5. The normalized spacial score (nSPS) is 21.6. The number of ether oxygens (including phenoxy) is 2. The van der Waals surface area contributed by atoms with Gasteiger partial charge in [0.1, 0.15) is 5.76 Å². The Bertz CT molecular complexity index is 930. The number of hydrogen-bond acceptors (Lipinski definition) is 7. The lowest BCUT2D eigenvalue weighted by Crippen LogP contribution is -2.32. The van der Waals surface area contributed by atoms with Crippen molar-refractivity contribution in [1.82, 2.24) is 9.88 Å². The highest BCUT2D eigenvalue weighted by molar-refractivity contribution is 5.73. The van der Waals surface area contributed by atoms with Gasteiger partial charge in [0.15, 0.2) is 0 Å². The highest BCUT2D eigenvalue weighted by Gasteiger charge is 2.46. The smallest absolute Gasteiger partial charge is 0.475 e. The molecule has 3 atom stereocenters. The number of pyridine rings is 1. The largest absolute Gasteiger partial charge is 0.490 e. The molecule has 0 bridgehead atoms. The molecular formula is C21H22F6N2O7. The number of likely N-dealkylation sites (tertiary alicyclic amines) is 1. The van der Waals surface area contributed by atoms with Crippen LogP contribution in [-0.4, -0.2) is 76.3 Å². The number of furan rings is 1. The maximum absolute atomic E-state index is 10.6. The van der Waals surface area contributed by atoms with Gasteiger partial charge in [-0.3, -0.25) is 9.88 Å². The van der Waals surface area contributed by atoms with Gasteiger partial charge in [-0.2, -0.15) is 26.3 Å². The lowest BCUT2D eigenvalue weighted by atomic mass is 10.0. The molecule has 2 fully saturated rings. The van der Waals surface area contributed by atoms with E-state index >= 15 is 0 Å². The minimum absolute atomic E-state index is 0.199. The number of carboxylic acids is 2. The van der Waals surface area contributed by atoms with Crippen molar-refractivity contribution in [3.8, 4) is 0 Å². The molecule has 0 spiro atoms. The zero-order valence-corrected chi connectivity index (χ0v) is 18.4. The SMILES string of the molecule is O=C(O)C(F)(F)F.O=C(O)C(F)(F)F.c1ccc(CO[C@H]2CN(Cc3ccco3)[C@@H]3COC[C@H]23)nc1. The van der Waals surface area contributed by atoms with Gasteiger partial charge < -0.3 is 24.1 Å². The van der Waals surface area contributed by atoms with Crippen LogP contribution in [0.15, 0.2) is 47.2 Å². The third-order valence-corrected chi connectivity index (χ3v) is 5.05. The number of hydrogen-bond donors (Lipinski definition) is 2. The molecule has 0 amide bonds. The molecule has 2 aromatic rings. The summed E-state index contributed by atoms with van der Waals surface area (Å²) in [5.41, 5.74) is 0.974. The summed E-state index contributed by atoms with van der Waals surface area (Å²) in [7, 11) is 0. The Labute approximate surface area is 200 Å². The van der Waals surface area contributed by atoms with Crippen LogP contribution in [0.4, 0.5) is 26.3 Å². The Morgan fingerprint density at radius 1 is 1.03 bits per heavy atom. The molecule has 0 saturated carbocycles. The van der Waals surface area contributed by atoms with Crippen molar-refractivity contribution >= 4 is 11.9 Å². The van der Waals surface area contributed by atoms with E-state index in [1.54, 1.807) is 12.5 Å². The first kappa shape index (κ1) is 29.1. The molecule has 36 heavy (non-hydrogen) atoms. The lowest BCUT2D eigenvalue weighted by molar-refractivity contribution is -0.193. The van der Waals surface area contributed by atoms with Crippen molar-refractivity contribution in [2.24, 2.45) is 5.92 Å². The van der Waals surface area contributed by atoms with Crippen molar-refractivity contribution in [3.63, 3.8) is 0 Å². The van der Waals surface area contributed by atoms with Gasteiger partial charge in [0, 0.05) is 24.7 Å².